The second-order valence-corrected chi connectivity index (χ2v) is 5.41. The molecule has 0 amide bonds. The first kappa shape index (κ1) is 12.9. The molecule has 1 atom stereocenters. The molecular formula is C17H18N2O. The summed E-state index contributed by atoms with van der Waals surface area (Å²) >= 11 is 0. The van der Waals surface area contributed by atoms with E-state index in [-0.39, 0.29) is 0 Å². The van der Waals surface area contributed by atoms with Gasteiger partial charge in [0.15, 0.2) is 0 Å². The van der Waals surface area contributed by atoms with E-state index in [2.05, 4.69) is 41.7 Å². The van der Waals surface area contributed by atoms with Crippen LogP contribution in [0.2, 0.25) is 0 Å². The van der Waals surface area contributed by atoms with Crippen LogP contribution in [0, 0.1) is 4.91 Å². The molecule has 1 aliphatic carbocycles. The van der Waals surface area contributed by atoms with Crippen LogP contribution >= 0.6 is 0 Å². The summed E-state index contributed by atoms with van der Waals surface area (Å²) in [5.41, 5.74) is 5.15. The molecule has 3 rings (SSSR count). The molecule has 0 saturated carbocycles. The molecule has 3 nitrogen and oxygen atoms in total. The van der Waals surface area contributed by atoms with Crippen molar-refractivity contribution in [2.75, 3.05) is 12.1 Å². The zero-order chi connectivity index (χ0) is 13.9. The van der Waals surface area contributed by atoms with E-state index in [1.165, 1.54) is 34.5 Å². The molecule has 0 N–H and O–H groups in total. The molecule has 1 aliphatic rings. The van der Waals surface area contributed by atoms with Gasteiger partial charge >= 0.3 is 0 Å². The van der Waals surface area contributed by atoms with Gasteiger partial charge < -0.3 is 0 Å². The lowest BCUT2D eigenvalue weighted by Gasteiger charge is -2.13. The summed E-state index contributed by atoms with van der Waals surface area (Å²) in [5.74, 6) is 0.624. The Labute approximate surface area is 119 Å². The van der Waals surface area contributed by atoms with E-state index >= 15 is 0 Å². The minimum atomic E-state index is 0.624. The number of hydrogen-bond donors (Lipinski definition) is 0. The molecule has 0 bridgehead atoms. The fourth-order valence-electron chi connectivity index (χ4n) is 3.04. The van der Waals surface area contributed by atoms with Crippen LogP contribution in [0.25, 0.3) is 0 Å². The monoisotopic (exact) mass is 266 g/mol. The van der Waals surface area contributed by atoms with Crippen LogP contribution in [0.4, 0.5) is 5.69 Å². The molecule has 0 spiro atoms. The van der Waals surface area contributed by atoms with Crippen LogP contribution < -0.4 is 5.01 Å². The number of anilines is 1. The number of benzene rings is 2. The van der Waals surface area contributed by atoms with E-state index in [0.717, 1.165) is 12.1 Å². The average Bonchev–Trinajstić information content (AvgIpc) is 2.91. The van der Waals surface area contributed by atoms with Gasteiger partial charge in [0, 0.05) is 7.05 Å². The molecule has 1 unspecified atom stereocenters. The molecule has 0 radical (unpaired) electrons. The van der Waals surface area contributed by atoms with E-state index in [9.17, 15) is 4.91 Å². The third kappa shape index (κ3) is 2.44. The van der Waals surface area contributed by atoms with E-state index < -0.39 is 0 Å². The molecule has 102 valence electrons. The third-order valence-electron chi connectivity index (χ3n) is 4.17. The number of rotatable bonds is 4. The highest BCUT2D eigenvalue weighted by molar-refractivity contribution is 5.46. The van der Waals surface area contributed by atoms with Gasteiger partial charge in [0.2, 0.25) is 0 Å². The molecule has 2 aromatic carbocycles. The van der Waals surface area contributed by atoms with Crippen molar-refractivity contribution in [1.82, 2.24) is 0 Å². The van der Waals surface area contributed by atoms with Crippen molar-refractivity contribution in [3.63, 3.8) is 0 Å². The minimum Gasteiger partial charge on any atom is -0.232 e. The SMILES string of the molecule is CN(N=O)c1ccc(CC2CCc3ccccc32)cc1. The fourth-order valence-corrected chi connectivity index (χ4v) is 3.04. The first-order valence-corrected chi connectivity index (χ1v) is 7.01. The largest absolute Gasteiger partial charge is 0.232 e. The van der Waals surface area contributed by atoms with Gasteiger partial charge in [-0.25, -0.2) is 5.01 Å². The van der Waals surface area contributed by atoms with E-state index in [1.807, 2.05) is 12.1 Å². The van der Waals surface area contributed by atoms with Crippen LogP contribution in [0.3, 0.4) is 0 Å². The maximum Gasteiger partial charge on any atom is 0.0623 e. The normalized spacial score (nSPS) is 16.8. The molecule has 2 aromatic rings. The summed E-state index contributed by atoms with van der Waals surface area (Å²) in [6.45, 7) is 0. The molecular weight excluding hydrogens is 248 g/mol. The van der Waals surface area contributed by atoms with Crippen molar-refractivity contribution in [3.05, 3.63) is 70.1 Å². The highest BCUT2D eigenvalue weighted by Gasteiger charge is 2.21. The van der Waals surface area contributed by atoms with Crippen molar-refractivity contribution in [2.24, 2.45) is 5.29 Å². The topological polar surface area (TPSA) is 32.7 Å². The number of nitrogens with zero attached hydrogens (tertiary/aromatic N) is 2. The molecule has 0 saturated heterocycles. The molecule has 0 aliphatic heterocycles. The maximum absolute atomic E-state index is 10.5. The van der Waals surface area contributed by atoms with Crippen LogP contribution in [0.15, 0.2) is 53.8 Å². The Morgan fingerprint density at radius 1 is 1.15 bits per heavy atom. The Morgan fingerprint density at radius 3 is 2.65 bits per heavy atom. The lowest BCUT2D eigenvalue weighted by molar-refractivity contribution is 0.674. The summed E-state index contributed by atoms with van der Waals surface area (Å²) in [6, 6.07) is 16.9. The van der Waals surface area contributed by atoms with Gasteiger partial charge in [-0.15, -0.1) is 4.91 Å². The van der Waals surface area contributed by atoms with Crippen LogP contribution in [0.1, 0.15) is 29.0 Å². The zero-order valence-electron chi connectivity index (χ0n) is 11.6. The predicted molar refractivity (Wildman–Crippen MR) is 81.8 cm³/mol. The van der Waals surface area contributed by atoms with Crippen LogP contribution in [0.5, 0.6) is 0 Å². The lowest BCUT2D eigenvalue weighted by atomic mass is 9.93. The summed E-state index contributed by atoms with van der Waals surface area (Å²) in [6.07, 6.45) is 3.49. The second-order valence-electron chi connectivity index (χ2n) is 5.41. The Kier molecular flexibility index (Phi) is 3.50. The average molecular weight is 266 g/mol. The summed E-state index contributed by atoms with van der Waals surface area (Å²) in [4.78, 5) is 10.5. The second kappa shape index (κ2) is 5.45. The van der Waals surface area contributed by atoms with E-state index in [1.54, 1.807) is 7.05 Å². The van der Waals surface area contributed by atoms with Gasteiger partial charge in [0.1, 0.15) is 0 Å². The molecule has 0 heterocycles. The highest BCUT2D eigenvalue weighted by atomic mass is 16.3. The minimum absolute atomic E-state index is 0.624. The number of aryl methyl sites for hydroxylation is 1. The zero-order valence-corrected chi connectivity index (χ0v) is 11.6. The summed E-state index contributed by atoms with van der Waals surface area (Å²) in [7, 11) is 1.66. The summed E-state index contributed by atoms with van der Waals surface area (Å²) < 4.78 is 0. The van der Waals surface area contributed by atoms with E-state index in [0.29, 0.717) is 5.92 Å². The third-order valence-corrected chi connectivity index (χ3v) is 4.17. The first-order valence-electron chi connectivity index (χ1n) is 7.01. The quantitative estimate of drug-likeness (QED) is 0.617. The lowest BCUT2D eigenvalue weighted by Crippen LogP contribution is -2.06. The van der Waals surface area contributed by atoms with Gasteiger partial charge in [-0.05, 0) is 54.0 Å². The Morgan fingerprint density at radius 2 is 1.90 bits per heavy atom. The van der Waals surface area contributed by atoms with Gasteiger partial charge in [0.25, 0.3) is 0 Å². The van der Waals surface area contributed by atoms with E-state index in [4.69, 9.17) is 0 Å². The number of nitroso groups, excluding NO2 is 1. The van der Waals surface area contributed by atoms with Crippen LogP contribution in [-0.2, 0) is 12.8 Å². The van der Waals surface area contributed by atoms with Gasteiger partial charge in [-0.2, -0.15) is 0 Å². The fraction of sp³-hybridized carbons (Fsp3) is 0.294. The highest BCUT2D eigenvalue weighted by Crippen LogP contribution is 2.35. The van der Waals surface area contributed by atoms with Crippen molar-refractivity contribution < 1.29 is 0 Å². The maximum atomic E-state index is 10.5. The molecule has 0 fully saturated rings. The summed E-state index contributed by atoms with van der Waals surface area (Å²) in [5, 5.41) is 4.25. The predicted octanol–water partition coefficient (Wildman–Crippen LogP) is 4.08. The smallest absolute Gasteiger partial charge is 0.0623 e. The van der Waals surface area contributed by atoms with Crippen molar-refractivity contribution in [2.45, 2.75) is 25.2 Å². The van der Waals surface area contributed by atoms with Crippen molar-refractivity contribution >= 4 is 5.69 Å². The number of fused-ring (bicyclic) bond motifs is 1. The van der Waals surface area contributed by atoms with Gasteiger partial charge in [-0.3, -0.25) is 0 Å². The van der Waals surface area contributed by atoms with Gasteiger partial charge in [0.05, 0.1) is 11.0 Å². The molecule has 0 aromatic heterocycles. The first-order chi connectivity index (χ1) is 9.78. The van der Waals surface area contributed by atoms with Crippen molar-refractivity contribution in [1.29, 1.82) is 0 Å². The van der Waals surface area contributed by atoms with Gasteiger partial charge in [-0.1, -0.05) is 36.4 Å². The molecule has 20 heavy (non-hydrogen) atoms. The molecule has 3 heteroatoms. The standard InChI is InChI=1S/C17H18N2O/c1-19(18-20)16-10-6-13(7-11-16)12-15-9-8-14-4-2-3-5-17(14)15/h2-7,10-11,15H,8-9,12H2,1H3. The Bertz CT molecular complexity index is 607. The number of hydrogen-bond acceptors (Lipinski definition) is 2. The van der Waals surface area contributed by atoms with Crippen molar-refractivity contribution in [3.8, 4) is 0 Å². The Hall–Kier alpha value is -2.16. The van der Waals surface area contributed by atoms with Crippen LogP contribution in [-0.4, -0.2) is 7.05 Å². The Balaban J connectivity index is 1.74.